The molecule has 88 valence electrons. The third-order valence-electron chi connectivity index (χ3n) is 4.29. The molecule has 2 atom stereocenters. The Morgan fingerprint density at radius 2 is 2.07 bits per heavy atom. The van der Waals surface area contributed by atoms with E-state index in [4.69, 9.17) is 0 Å². The number of carbonyl (C=O) groups is 1. The fourth-order valence-corrected chi connectivity index (χ4v) is 2.33. The maximum absolute atomic E-state index is 11.5. The van der Waals surface area contributed by atoms with E-state index in [-0.39, 0.29) is 5.54 Å². The van der Waals surface area contributed by atoms with E-state index in [1.807, 2.05) is 0 Å². The predicted molar refractivity (Wildman–Crippen MR) is 63.9 cm³/mol. The Hall–Kier alpha value is -0.370. The summed E-state index contributed by atoms with van der Waals surface area (Å²) in [6, 6.07) is 0.446. The second kappa shape index (κ2) is 4.65. The van der Waals surface area contributed by atoms with Crippen LogP contribution >= 0.6 is 0 Å². The minimum atomic E-state index is 0.205. The number of rotatable bonds is 3. The molecule has 15 heavy (non-hydrogen) atoms. The van der Waals surface area contributed by atoms with Gasteiger partial charge in [0.1, 0.15) is 5.78 Å². The summed E-state index contributed by atoms with van der Waals surface area (Å²) in [6.07, 6.45) is 3.73. The van der Waals surface area contributed by atoms with E-state index < -0.39 is 0 Å². The molecule has 0 radical (unpaired) electrons. The highest BCUT2D eigenvalue weighted by Crippen LogP contribution is 2.30. The smallest absolute Gasteiger partial charge is 0.134 e. The maximum Gasteiger partial charge on any atom is 0.134 e. The Kier molecular flexibility index (Phi) is 3.93. The van der Waals surface area contributed by atoms with Crippen molar-refractivity contribution in [3.63, 3.8) is 0 Å². The molecular formula is C13H25NO. The Morgan fingerprint density at radius 3 is 2.60 bits per heavy atom. The van der Waals surface area contributed by atoms with E-state index in [0.717, 1.165) is 25.7 Å². The molecule has 1 aliphatic carbocycles. The summed E-state index contributed by atoms with van der Waals surface area (Å²) in [4.78, 5) is 13.9. The molecule has 1 rings (SSSR count). The lowest BCUT2D eigenvalue weighted by atomic mass is 9.82. The van der Waals surface area contributed by atoms with Crippen molar-refractivity contribution < 1.29 is 4.79 Å². The molecule has 0 saturated heterocycles. The van der Waals surface area contributed by atoms with Gasteiger partial charge in [0.15, 0.2) is 0 Å². The van der Waals surface area contributed by atoms with Gasteiger partial charge in [0.05, 0.1) is 0 Å². The summed E-state index contributed by atoms with van der Waals surface area (Å²) >= 11 is 0. The van der Waals surface area contributed by atoms with Gasteiger partial charge in [0.2, 0.25) is 0 Å². The lowest BCUT2D eigenvalue weighted by Gasteiger charge is -2.44. The molecular weight excluding hydrogens is 186 g/mol. The largest absolute Gasteiger partial charge is 0.300 e. The molecule has 0 aliphatic heterocycles. The standard InChI is InChI=1S/C13H25NO/c1-6-13(3,4)14(5)12-9-11(15)8-7-10(12)2/h10,12H,6-9H2,1-5H3. The highest BCUT2D eigenvalue weighted by molar-refractivity contribution is 5.79. The first-order valence-electron chi connectivity index (χ1n) is 6.13. The molecule has 2 heteroatoms. The van der Waals surface area contributed by atoms with Crippen LogP contribution in [0.3, 0.4) is 0 Å². The molecule has 2 unspecified atom stereocenters. The van der Waals surface area contributed by atoms with Gasteiger partial charge >= 0.3 is 0 Å². The zero-order chi connectivity index (χ0) is 11.6. The zero-order valence-corrected chi connectivity index (χ0v) is 10.8. The molecule has 0 N–H and O–H groups in total. The summed E-state index contributed by atoms with van der Waals surface area (Å²) in [5.41, 5.74) is 0.205. The third-order valence-corrected chi connectivity index (χ3v) is 4.29. The summed E-state index contributed by atoms with van der Waals surface area (Å²) in [7, 11) is 2.17. The average Bonchev–Trinajstić information content (AvgIpc) is 2.20. The van der Waals surface area contributed by atoms with Crippen molar-refractivity contribution in [3.05, 3.63) is 0 Å². The van der Waals surface area contributed by atoms with Gasteiger partial charge < -0.3 is 0 Å². The Morgan fingerprint density at radius 1 is 1.47 bits per heavy atom. The molecule has 0 spiro atoms. The lowest BCUT2D eigenvalue weighted by molar-refractivity contribution is -0.124. The van der Waals surface area contributed by atoms with Crippen molar-refractivity contribution in [2.24, 2.45) is 5.92 Å². The van der Waals surface area contributed by atoms with Crippen LogP contribution in [-0.2, 0) is 4.79 Å². The van der Waals surface area contributed by atoms with Crippen LogP contribution in [0, 0.1) is 5.92 Å². The van der Waals surface area contributed by atoms with Crippen molar-refractivity contribution in [2.45, 2.75) is 65.0 Å². The van der Waals surface area contributed by atoms with Gasteiger partial charge in [0, 0.05) is 24.4 Å². The highest BCUT2D eigenvalue weighted by atomic mass is 16.1. The van der Waals surface area contributed by atoms with Crippen molar-refractivity contribution in [3.8, 4) is 0 Å². The molecule has 0 aromatic rings. The molecule has 1 saturated carbocycles. The number of hydrogen-bond acceptors (Lipinski definition) is 2. The highest BCUT2D eigenvalue weighted by Gasteiger charge is 2.34. The molecule has 1 aliphatic rings. The second-order valence-electron chi connectivity index (χ2n) is 5.60. The Labute approximate surface area is 94.0 Å². The van der Waals surface area contributed by atoms with Crippen LogP contribution in [-0.4, -0.2) is 29.3 Å². The quantitative estimate of drug-likeness (QED) is 0.715. The maximum atomic E-state index is 11.5. The van der Waals surface area contributed by atoms with Crippen LogP contribution in [0.4, 0.5) is 0 Å². The van der Waals surface area contributed by atoms with E-state index in [1.165, 1.54) is 0 Å². The topological polar surface area (TPSA) is 20.3 Å². The van der Waals surface area contributed by atoms with Gasteiger partial charge in [-0.25, -0.2) is 0 Å². The Balaban J connectivity index is 2.72. The number of carbonyl (C=O) groups excluding carboxylic acids is 1. The van der Waals surface area contributed by atoms with Gasteiger partial charge in [-0.2, -0.15) is 0 Å². The summed E-state index contributed by atoms with van der Waals surface area (Å²) < 4.78 is 0. The summed E-state index contributed by atoms with van der Waals surface area (Å²) in [5, 5.41) is 0. The SMILES string of the molecule is CCC(C)(C)N(C)C1CC(=O)CCC1C. The van der Waals surface area contributed by atoms with E-state index >= 15 is 0 Å². The summed E-state index contributed by atoms with van der Waals surface area (Å²) in [6.45, 7) is 9.02. The van der Waals surface area contributed by atoms with Gasteiger partial charge in [-0.05, 0) is 39.7 Å². The number of Topliss-reactive ketones (excluding diaryl/α,β-unsaturated/α-hetero) is 1. The number of nitrogens with zero attached hydrogens (tertiary/aromatic N) is 1. The summed E-state index contributed by atoms with van der Waals surface area (Å²) in [5.74, 6) is 1.09. The first-order valence-corrected chi connectivity index (χ1v) is 6.13. The molecule has 0 amide bonds. The van der Waals surface area contributed by atoms with Crippen LogP contribution in [0.25, 0.3) is 0 Å². The van der Waals surface area contributed by atoms with E-state index in [0.29, 0.717) is 17.7 Å². The van der Waals surface area contributed by atoms with E-state index in [9.17, 15) is 4.79 Å². The number of hydrogen-bond donors (Lipinski definition) is 0. The van der Waals surface area contributed by atoms with Crippen molar-refractivity contribution in [1.29, 1.82) is 0 Å². The van der Waals surface area contributed by atoms with Gasteiger partial charge in [-0.3, -0.25) is 9.69 Å². The normalized spacial score (nSPS) is 28.5. The third kappa shape index (κ3) is 2.81. The first-order chi connectivity index (χ1) is 6.88. The molecule has 0 aromatic carbocycles. The minimum Gasteiger partial charge on any atom is -0.300 e. The van der Waals surface area contributed by atoms with Crippen molar-refractivity contribution >= 4 is 5.78 Å². The van der Waals surface area contributed by atoms with Crippen LogP contribution in [0.15, 0.2) is 0 Å². The Bertz CT molecular complexity index is 235. The molecule has 0 bridgehead atoms. The monoisotopic (exact) mass is 211 g/mol. The van der Waals surface area contributed by atoms with Crippen molar-refractivity contribution in [1.82, 2.24) is 4.90 Å². The molecule has 2 nitrogen and oxygen atoms in total. The van der Waals surface area contributed by atoms with Crippen molar-refractivity contribution in [2.75, 3.05) is 7.05 Å². The molecule has 0 heterocycles. The lowest BCUT2D eigenvalue weighted by Crippen LogP contribution is -2.51. The number of ketones is 1. The fraction of sp³-hybridized carbons (Fsp3) is 0.923. The second-order valence-corrected chi connectivity index (χ2v) is 5.60. The van der Waals surface area contributed by atoms with Gasteiger partial charge in [-0.1, -0.05) is 13.8 Å². The van der Waals surface area contributed by atoms with Crippen LogP contribution in [0.2, 0.25) is 0 Å². The molecule has 0 aromatic heterocycles. The predicted octanol–water partition coefficient (Wildman–Crippen LogP) is 2.86. The fourth-order valence-electron chi connectivity index (χ4n) is 2.33. The first kappa shape index (κ1) is 12.7. The average molecular weight is 211 g/mol. The van der Waals surface area contributed by atoms with Crippen LogP contribution < -0.4 is 0 Å². The van der Waals surface area contributed by atoms with Gasteiger partial charge in [-0.15, -0.1) is 0 Å². The van der Waals surface area contributed by atoms with E-state index in [1.54, 1.807) is 0 Å². The minimum absolute atomic E-state index is 0.205. The van der Waals surface area contributed by atoms with Crippen LogP contribution in [0.1, 0.15) is 53.4 Å². The zero-order valence-electron chi connectivity index (χ0n) is 10.8. The van der Waals surface area contributed by atoms with E-state index in [2.05, 4.69) is 39.6 Å². The van der Waals surface area contributed by atoms with Crippen LogP contribution in [0.5, 0.6) is 0 Å². The molecule has 1 fully saturated rings. The van der Waals surface area contributed by atoms with Gasteiger partial charge in [0.25, 0.3) is 0 Å².